The van der Waals surface area contributed by atoms with E-state index in [1.165, 1.54) is 0 Å². The first kappa shape index (κ1) is 22.3. The van der Waals surface area contributed by atoms with Crippen LogP contribution >= 0.6 is 23.2 Å². The number of aryl methyl sites for hydroxylation is 2. The van der Waals surface area contributed by atoms with Gasteiger partial charge in [0.2, 0.25) is 0 Å². The summed E-state index contributed by atoms with van der Waals surface area (Å²) in [5, 5.41) is 1.85. The summed E-state index contributed by atoms with van der Waals surface area (Å²) < 4.78 is 3.51. The van der Waals surface area contributed by atoms with Crippen LogP contribution in [0.3, 0.4) is 0 Å². The minimum Gasteiger partial charge on any atom is -0.336 e. The van der Waals surface area contributed by atoms with Gasteiger partial charge in [0.15, 0.2) is 0 Å². The van der Waals surface area contributed by atoms with Crippen molar-refractivity contribution in [2.24, 2.45) is 19.8 Å². The molecule has 6 nitrogen and oxygen atoms in total. The van der Waals surface area contributed by atoms with E-state index >= 15 is 0 Å². The van der Waals surface area contributed by atoms with Crippen molar-refractivity contribution in [1.29, 1.82) is 0 Å². The number of aromatic nitrogens is 4. The van der Waals surface area contributed by atoms with E-state index in [0.29, 0.717) is 10.2 Å². The second-order valence-electron chi connectivity index (χ2n) is 8.26. The van der Waals surface area contributed by atoms with Gasteiger partial charge in [-0.15, -0.1) is 0 Å². The summed E-state index contributed by atoms with van der Waals surface area (Å²) in [6.45, 7) is 0. The van der Waals surface area contributed by atoms with E-state index in [0.717, 1.165) is 38.9 Å². The maximum Gasteiger partial charge on any atom is 0.251 e. The van der Waals surface area contributed by atoms with Crippen LogP contribution in [0.5, 0.6) is 0 Å². The van der Waals surface area contributed by atoms with Crippen LogP contribution in [0, 0.1) is 0 Å². The van der Waals surface area contributed by atoms with Gasteiger partial charge in [0.1, 0.15) is 10.7 Å². The summed E-state index contributed by atoms with van der Waals surface area (Å²) in [6.07, 6.45) is 5.14. The molecule has 5 aromatic rings. The Morgan fingerprint density at radius 2 is 1.74 bits per heavy atom. The molecule has 0 radical (unpaired) electrons. The van der Waals surface area contributed by atoms with Crippen molar-refractivity contribution in [3.8, 4) is 11.1 Å². The average molecular weight is 490 g/mol. The first-order chi connectivity index (χ1) is 16.3. The average Bonchev–Trinajstić information content (AvgIpc) is 3.27. The quantitative estimate of drug-likeness (QED) is 0.364. The van der Waals surface area contributed by atoms with E-state index in [9.17, 15) is 4.79 Å². The predicted molar refractivity (Wildman–Crippen MR) is 136 cm³/mol. The molecule has 0 aliphatic heterocycles. The molecule has 0 spiro atoms. The topological polar surface area (TPSA) is 78.7 Å². The molecular weight excluding hydrogens is 469 g/mol. The normalized spacial score (nSPS) is 13.2. The Morgan fingerprint density at radius 3 is 2.41 bits per heavy atom. The van der Waals surface area contributed by atoms with Gasteiger partial charge < -0.3 is 14.9 Å². The van der Waals surface area contributed by atoms with Crippen LogP contribution < -0.4 is 11.3 Å². The minimum atomic E-state index is -1.07. The minimum absolute atomic E-state index is 0.109. The van der Waals surface area contributed by atoms with Crippen LogP contribution in [-0.2, 0) is 19.6 Å². The maximum absolute atomic E-state index is 12.8. The Hall–Kier alpha value is -3.45. The lowest BCUT2D eigenvalue weighted by Gasteiger charge is -2.31. The van der Waals surface area contributed by atoms with Gasteiger partial charge in [-0.2, -0.15) is 0 Å². The van der Waals surface area contributed by atoms with E-state index in [1.54, 1.807) is 48.5 Å². The summed E-state index contributed by atoms with van der Waals surface area (Å²) in [5.41, 5.74) is 10.8. The number of benzene rings is 2. The third kappa shape index (κ3) is 3.60. The fourth-order valence-corrected chi connectivity index (χ4v) is 4.71. The first-order valence-corrected chi connectivity index (χ1v) is 11.3. The lowest BCUT2D eigenvalue weighted by atomic mass is 9.81. The van der Waals surface area contributed by atoms with Gasteiger partial charge in [0, 0.05) is 42.3 Å². The predicted octanol–water partition coefficient (Wildman–Crippen LogP) is 4.89. The molecule has 0 aliphatic rings. The molecule has 3 aromatic heterocycles. The van der Waals surface area contributed by atoms with Gasteiger partial charge in [-0.3, -0.25) is 4.79 Å². The first-order valence-electron chi connectivity index (χ1n) is 10.6. The molecule has 0 saturated carbocycles. The molecule has 0 bridgehead atoms. The van der Waals surface area contributed by atoms with Gasteiger partial charge in [0.25, 0.3) is 5.56 Å². The third-order valence-electron chi connectivity index (χ3n) is 6.24. The number of pyridine rings is 2. The zero-order valence-corrected chi connectivity index (χ0v) is 20.0. The number of nitrogens with two attached hydrogens (primary N) is 1. The summed E-state index contributed by atoms with van der Waals surface area (Å²) in [7, 11) is 3.65. The van der Waals surface area contributed by atoms with Crippen LogP contribution in [0.2, 0.25) is 10.2 Å². The molecular formula is C26H21Cl2N5O. The summed E-state index contributed by atoms with van der Waals surface area (Å²) in [5.74, 6) is 0. The molecule has 0 aliphatic carbocycles. The van der Waals surface area contributed by atoms with E-state index < -0.39 is 5.54 Å². The molecule has 0 fully saturated rings. The van der Waals surface area contributed by atoms with E-state index in [2.05, 4.69) is 9.97 Å². The second-order valence-corrected chi connectivity index (χ2v) is 9.09. The molecule has 2 aromatic carbocycles. The largest absolute Gasteiger partial charge is 0.336 e. The van der Waals surface area contributed by atoms with Gasteiger partial charge in [0.05, 0.1) is 23.7 Å². The molecule has 2 N–H and O–H groups in total. The molecule has 34 heavy (non-hydrogen) atoms. The smallest absolute Gasteiger partial charge is 0.251 e. The Balaban J connectivity index is 1.84. The molecule has 1 unspecified atom stereocenters. The van der Waals surface area contributed by atoms with Crippen LogP contribution in [-0.4, -0.2) is 19.1 Å². The van der Waals surface area contributed by atoms with Crippen molar-refractivity contribution in [2.45, 2.75) is 5.54 Å². The Bertz CT molecular complexity index is 1590. The summed E-state index contributed by atoms with van der Waals surface area (Å²) >= 11 is 12.3. The fourth-order valence-electron chi connectivity index (χ4n) is 4.41. The van der Waals surface area contributed by atoms with Crippen LogP contribution in [0.15, 0.2) is 84.2 Å². The van der Waals surface area contributed by atoms with Gasteiger partial charge in [-0.05, 0) is 47.0 Å². The van der Waals surface area contributed by atoms with Gasteiger partial charge in [-0.25, -0.2) is 9.97 Å². The van der Waals surface area contributed by atoms with E-state index in [-0.39, 0.29) is 5.56 Å². The van der Waals surface area contributed by atoms with E-state index in [1.807, 2.05) is 54.1 Å². The molecule has 3 heterocycles. The molecule has 5 rings (SSSR count). The Kier molecular flexibility index (Phi) is 5.52. The lowest BCUT2D eigenvalue weighted by molar-refractivity contribution is 0.594. The van der Waals surface area contributed by atoms with Crippen molar-refractivity contribution in [3.05, 3.63) is 117 Å². The van der Waals surface area contributed by atoms with Crippen molar-refractivity contribution in [3.63, 3.8) is 0 Å². The molecule has 0 amide bonds. The highest BCUT2D eigenvalue weighted by Gasteiger charge is 2.35. The maximum atomic E-state index is 12.8. The van der Waals surface area contributed by atoms with Crippen molar-refractivity contribution in [1.82, 2.24) is 19.1 Å². The van der Waals surface area contributed by atoms with Crippen molar-refractivity contribution >= 4 is 34.1 Å². The number of hydrogen-bond acceptors (Lipinski definition) is 4. The molecule has 170 valence electrons. The second kappa shape index (κ2) is 8.40. The van der Waals surface area contributed by atoms with Crippen LogP contribution in [0.1, 0.15) is 16.8 Å². The van der Waals surface area contributed by atoms with Gasteiger partial charge in [-0.1, -0.05) is 47.5 Å². The highest BCUT2D eigenvalue weighted by atomic mass is 35.5. The Morgan fingerprint density at radius 1 is 0.941 bits per heavy atom. The fraction of sp³-hybridized carbons (Fsp3) is 0.115. The van der Waals surface area contributed by atoms with Crippen molar-refractivity contribution < 1.29 is 0 Å². The van der Waals surface area contributed by atoms with Crippen LogP contribution in [0.4, 0.5) is 0 Å². The number of fused-ring (bicyclic) bond motifs is 1. The van der Waals surface area contributed by atoms with E-state index in [4.69, 9.17) is 28.9 Å². The third-order valence-corrected chi connectivity index (χ3v) is 6.70. The number of rotatable bonds is 4. The monoisotopic (exact) mass is 489 g/mol. The summed E-state index contributed by atoms with van der Waals surface area (Å²) in [6, 6.07) is 18.5. The summed E-state index contributed by atoms with van der Waals surface area (Å²) in [4.78, 5) is 21.3. The standard InChI is InChI=1S/C26H21Cl2N5O/c1-32-15-30-14-23(32)26(29,18-7-9-24(28)31-13-18)17-6-8-22-21(11-17)20(12-25(34)33(22)2)16-4-3-5-19(27)10-16/h3-15H,29H2,1-2H3. The Labute approximate surface area is 206 Å². The zero-order valence-electron chi connectivity index (χ0n) is 18.5. The van der Waals surface area contributed by atoms with Crippen LogP contribution in [0.25, 0.3) is 22.0 Å². The molecule has 8 heteroatoms. The number of imidazole rings is 1. The number of hydrogen-bond donors (Lipinski definition) is 1. The highest BCUT2D eigenvalue weighted by molar-refractivity contribution is 6.31. The van der Waals surface area contributed by atoms with Crippen molar-refractivity contribution in [2.75, 3.05) is 0 Å². The number of nitrogens with zero attached hydrogens (tertiary/aromatic N) is 4. The SMILES string of the molecule is Cn1cncc1C(N)(c1ccc(Cl)nc1)c1ccc2c(c1)c(-c1cccc(Cl)c1)cc(=O)n2C. The number of halogens is 2. The highest BCUT2D eigenvalue weighted by Crippen LogP contribution is 2.37. The zero-order chi connectivity index (χ0) is 24.0. The molecule has 0 saturated heterocycles. The lowest BCUT2D eigenvalue weighted by Crippen LogP contribution is -2.41. The van der Waals surface area contributed by atoms with Gasteiger partial charge >= 0.3 is 0 Å². The molecule has 1 atom stereocenters.